The third-order valence-corrected chi connectivity index (χ3v) is 3.23. The molecule has 24 heavy (non-hydrogen) atoms. The van der Waals surface area contributed by atoms with E-state index in [9.17, 15) is 9.59 Å². The summed E-state index contributed by atoms with van der Waals surface area (Å²) < 4.78 is 10.9. The van der Waals surface area contributed by atoms with Gasteiger partial charge in [0.1, 0.15) is 12.7 Å². The van der Waals surface area contributed by atoms with Gasteiger partial charge in [0.05, 0.1) is 18.4 Å². The minimum Gasteiger partial charge on any atom is -0.464 e. The van der Waals surface area contributed by atoms with E-state index in [1.165, 1.54) is 25.0 Å². The monoisotopic (exact) mass is 328 g/mol. The van der Waals surface area contributed by atoms with Crippen LogP contribution in [-0.4, -0.2) is 37.3 Å². The maximum Gasteiger partial charge on any atom is 0.357 e. The van der Waals surface area contributed by atoms with Gasteiger partial charge in [-0.15, -0.1) is 0 Å². The summed E-state index contributed by atoms with van der Waals surface area (Å²) in [6, 6.07) is 8.66. The van der Waals surface area contributed by atoms with Gasteiger partial charge in [-0.05, 0) is 18.2 Å². The molecule has 124 valence electrons. The number of nitrogens with zero attached hydrogens (tertiary/aromatic N) is 2. The number of nitrogens with one attached hydrogen (secondary N) is 1. The van der Waals surface area contributed by atoms with E-state index >= 15 is 0 Å². The zero-order chi connectivity index (χ0) is 17.7. The first-order valence-corrected chi connectivity index (χ1v) is 6.90. The number of aromatic nitrogens is 1. The van der Waals surface area contributed by atoms with E-state index in [0.717, 1.165) is 0 Å². The maximum atomic E-state index is 12.0. The molecule has 0 atom stereocenters. The van der Waals surface area contributed by atoms with E-state index < -0.39 is 5.97 Å². The lowest BCUT2D eigenvalue weighted by Crippen LogP contribution is -2.17. The molecule has 3 N–H and O–H groups in total. The summed E-state index contributed by atoms with van der Waals surface area (Å²) in [6.45, 7) is -0.0767. The number of rotatable bonds is 5. The van der Waals surface area contributed by atoms with Crippen molar-refractivity contribution in [1.82, 2.24) is 4.57 Å². The molecule has 2 rings (SSSR count). The quantitative estimate of drug-likeness (QED) is 0.798. The van der Waals surface area contributed by atoms with Crippen LogP contribution in [0.3, 0.4) is 0 Å². The van der Waals surface area contributed by atoms with Gasteiger partial charge >= 0.3 is 5.97 Å². The van der Waals surface area contributed by atoms with Crippen LogP contribution in [0.2, 0.25) is 0 Å². The van der Waals surface area contributed by atoms with Crippen LogP contribution in [0.5, 0.6) is 0 Å². The summed E-state index contributed by atoms with van der Waals surface area (Å²) >= 11 is 0. The predicted octanol–water partition coefficient (Wildman–Crippen LogP) is 1.30. The number of anilines is 2. The molecule has 0 saturated heterocycles. The minimum atomic E-state index is -0.664. The van der Waals surface area contributed by atoms with E-state index in [4.69, 9.17) is 20.5 Å². The molecule has 0 fully saturated rings. The summed E-state index contributed by atoms with van der Waals surface area (Å²) in [4.78, 5) is 23.6. The molecule has 1 aromatic heterocycles. The average molecular weight is 328 g/mol. The first-order chi connectivity index (χ1) is 11.5. The van der Waals surface area contributed by atoms with Crippen molar-refractivity contribution in [3.63, 3.8) is 0 Å². The first kappa shape index (κ1) is 17.1. The Kier molecular flexibility index (Phi) is 5.19. The second-order valence-corrected chi connectivity index (χ2v) is 4.81. The molecule has 1 heterocycles. The van der Waals surface area contributed by atoms with Gasteiger partial charge in [-0.2, -0.15) is 5.26 Å². The molecule has 1 amide bonds. The topological polar surface area (TPSA) is 119 Å². The minimum absolute atomic E-state index is 0.0400. The zero-order valence-electron chi connectivity index (χ0n) is 13.2. The van der Waals surface area contributed by atoms with Crippen LogP contribution in [0.25, 0.3) is 5.69 Å². The molecular formula is C16H16N4O4. The number of carbonyl (C=O) groups excluding carboxylic acids is 2. The Hall–Kier alpha value is -3.31. The fraction of sp³-hybridized carbons (Fsp3) is 0.188. The highest BCUT2D eigenvalue weighted by atomic mass is 16.5. The third-order valence-electron chi connectivity index (χ3n) is 3.23. The van der Waals surface area contributed by atoms with Crippen molar-refractivity contribution in [2.24, 2.45) is 0 Å². The number of hydrogen-bond acceptors (Lipinski definition) is 6. The highest BCUT2D eigenvalue weighted by Gasteiger charge is 2.21. The molecule has 0 aliphatic rings. The molecule has 0 saturated carbocycles. The number of amides is 1. The summed E-state index contributed by atoms with van der Waals surface area (Å²) in [6.07, 6.45) is 1.44. The Morgan fingerprint density at radius 3 is 2.75 bits per heavy atom. The average Bonchev–Trinajstić information content (AvgIpc) is 2.91. The summed E-state index contributed by atoms with van der Waals surface area (Å²) in [5.74, 6) is -0.976. The Morgan fingerprint density at radius 2 is 2.12 bits per heavy atom. The van der Waals surface area contributed by atoms with Gasteiger partial charge < -0.3 is 25.1 Å². The maximum absolute atomic E-state index is 12.0. The smallest absolute Gasteiger partial charge is 0.357 e. The van der Waals surface area contributed by atoms with Crippen molar-refractivity contribution in [1.29, 1.82) is 5.26 Å². The van der Waals surface area contributed by atoms with Gasteiger partial charge in [-0.3, -0.25) is 4.79 Å². The lowest BCUT2D eigenvalue weighted by atomic mass is 10.2. The molecule has 0 unspecified atom stereocenters. The number of nitrogens with two attached hydrogens (primary N) is 1. The van der Waals surface area contributed by atoms with Crippen molar-refractivity contribution in [2.75, 3.05) is 31.9 Å². The first-order valence-electron chi connectivity index (χ1n) is 6.90. The van der Waals surface area contributed by atoms with Crippen molar-refractivity contribution < 1.29 is 19.1 Å². The molecular weight excluding hydrogens is 312 g/mol. The SMILES string of the molecule is COCC(=O)Nc1cccc(-n2cc(C#N)c(N)c2C(=O)OC)c1. The van der Waals surface area contributed by atoms with Crippen LogP contribution in [0.4, 0.5) is 11.4 Å². The Balaban J connectivity index is 2.47. The summed E-state index contributed by atoms with van der Waals surface area (Å²) in [7, 11) is 2.65. The second kappa shape index (κ2) is 7.30. The number of esters is 1. The Bertz CT molecular complexity index is 820. The van der Waals surface area contributed by atoms with Crippen molar-refractivity contribution in [3.8, 4) is 11.8 Å². The van der Waals surface area contributed by atoms with Crippen molar-refractivity contribution >= 4 is 23.3 Å². The van der Waals surface area contributed by atoms with Crippen LogP contribution >= 0.6 is 0 Å². The molecule has 0 spiro atoms. The number of ether oxygens (including phenoxy) is 2. The Labute approximate surface area is 138 Å². The van der Waals surface area contributed by atoms with Crippen LogP contribution in [-0.2, 0) is 14.3 Å². The standard InChI is InChI=1S/C16H16N4O4/c1-23-9-13(21)19-11-4-3-5-12(6-11)20-8-10(7-17)14(18)15(20)16(22)24-2/h3-6,8H,9,18H2,1-2H3,(H,19,21). The van der Waals surface area contributed by atoms with Gasteiger partial charge in [0, 0.05) is 24.7 Å². The Morgan fingerprint density at radius 1 is 1.38 bits per heavy atom. The number of benzene rings is 1. The summed E-state index contributed by atoms with van der Waals surface area (Å²) in [5.41, 5.74) is 7.15. The van der Waals surface area contributed by atoms with Gasteiger partial charge in [0.15, 0.2) is 5.69 Å². The lowest BCUT2D eigenvalue weighted by molar-refractivity contribution is -0.119. The fourth-order valence-corrected chi connectivity index (χ4v) is 2.18. The van der Waals surface area contributed by atoms with E-state index in [2.05, 4.69) is 5.32 Å². The number of hydrogen-bond donors (Lipinski definition) is 2. The number of methoxy groups -OCH3 is 2. The van der Waals surface area contributed by atoms with Crippen molar-refractivity contribution in [3.05, 3.63) is 41.7 Å². The fourth-order valence-electron chi connectivity index (χ4n) is 2.18. The van der Waals surface area contributed by atoms with Gasteiger partial charge in [0.2, 0.25) is 5.91 Å². The highest BCUT2D eigenvalue weighted by Crippen LogP contribution is 2.26. The van der Waals surface area contributed by atoms with E-state index in [0.29, 0.717) is 11.4 Å². The molecule has 1 aromatic carbocycles. The molecule has 8 heteroatoms. The van der Waals surface area contributed by atoms with Gasteiger partial charge in [0.25, 0.3) is 0 Å². The largest absolute Gasteiger partial charge is 0.464 e. The molecule has 0 aliphatic carbocycles. The number of nitriles is 1. The van der Waals surface area contributed by atoms with Crippen LogP contribution < -0.4 is 11.1 Å². The van der Waals surface area contributed by atoms with Crippen LogP contribution in [0, 0.1) is 11.3 Å². The zero-order valence-corrected chi connectivity index (χ0v) is 13.2. The molecule has 2 aromatic rings. The van der Waals surface area contributed by atoms with Gasteiger partial charge in [-0.1, -0.05) is 6.07 Å². The van der Waals surface area contributed by atoms with Crippen LogP contribution in [0.15, 0.2) is 30.5 Å². The lowest BCUT2D eigenvalue weighted by Gasteiger charge is -2.11. The summed E-state index contributed by atoms with van der Waals surface area (Å²) in [5, 5.41) is 11.8. The van der Waals surface area contributed by atoms with Crippen molar-refractivity contribution in [2.45, 2.75) is 0 Å². The van der Waals surface area contributed by atoms with Gasteiger partial charge in [-0.25, -0.2) is 4.79 Å². The second-order valence-electron chi connectivity index (χ2n) is 4.81. The van der Waals surface area contributed by atoms with E-state index in [1.807, 2.05) is 6.07 Å². The molecule has 0 bridgehead atoms. The molecule has 8 nitrogen and oxygen atoms in total. The third kappa shape index (κ3) is 3.37. The number of carbonyl (C=O) groups is 2. The predicted molar refractivity (Wildman–Crippen MR) is 86.7 cm³/mol. The van der Waals surface area contributed by atoms with E-state index in [-0.39, 0.29) is 29.5 Å². The molecule has 0 aliphatic heterocycles. The van der Waals surface area contributed by atoms with E-state index in [1.54, 1.807) is 24.3 Å². The number of nitrogen functional groups attached to an aromatic ring is 1. The highest BCUT2D eigenvalue weighted by molar-refractivity contribution is 5.96. The normalized spacial score (nSPS) is 10.0. The van der Waals surface area contributed by atoms with Crippen LogP contribution in [0.1, 0.15) is 16.1 Å². The molecule has 0 radical (unpaired) electrons.